The van der Waals surface area contributed by atoms with Crippen molar-refractivity contribution < 1.29 is 4.74 Å². The summed E-state index contributed by atoms with van der Waals surface area (Å²) in [7, 11) is 1.80. The van der Waals surface area contributed by atoms with Gasteiger partial charge in [-0.2, -0.15) is 11.3 Å². The zero-order valence-corrected chi connectivity index (χ0v) is 16.8. The van der Waals surface area contributed by atoms with E-state index in [4.69, 9.17) is 4.74 Å². The van der Waals surface area contributed by atoms with E-state index in [1.165, 1.54) is 28.1 Å². The summed E-state index contributed by atoms with van der Waals surface area (Å²) in [6, 6.07) is 20.1. The molecule has 1 aromatic heterocycles. The van der Waals surface area contributed by atoms with Gasteiger partial charge in [0.1, 0.15) is 0 Å². The van der Waals surface area contributed by atoms with Crippen LogP contribution < -0.4 is 9.80 Å². The summed E-state index contributed by atoms with van der Waals surface area (Å²) in [5.41, 5.74) is 6.65. The van der Waals surface area contributed by atoms with E-state index >= 15 is 0 Å². The first-order valence-electron chi connectivity index (χ1n) is 9.41. The highest BCUT2D eigenvalue weighted by Gasteiger charge is 2.30. The fourth-order valence-corrected chi connectivity index (χ4v) is 4.47. The molecule has 4 rings (SSSR count). The average Bonchev–Trinajstić information content (AvgIpc) is 3.32. The number of rotatable bonds is 7. The van der Waals surface area contributed by atoms with Crippen molar-refractivity contribution in [3.05, 3.63) is 82.0 Å². The number of para-hydroxylation sites is 2. The minimum atomic E-state index is 0.311. The molecule has 0 saturated heterocycles. The number of hydrogen-bond donors (Lipinski definition) is 0. The van der Waals surface area contributed by atoms with Crippen LogP contribution in [0.25, 0.3) is 0 Å². The first kappa shape index (κ1) is 18.1. The molecule has 1 atom stereocenters. The molecular weight excluding hydrogens is 352 g/mol. The Morgan fingerprint density at radius 2 is 1.78 bits per heavy atom. The lowest BCUT2D eigenvalue weighted by Crippen LogP contribution is -2.42. The number of hydrogen-bond acceptors (Lipinski definition) is 4. The van der Waals surface area contributed by atoms with Crippen LogP contribution in [0.15, 0.2) is 65.4 Å². The maximum absolute atomic E-state index is 5.61. The molecule has 1 aliphatic heterocycles. The van der Waals surface area contributed by atoms with Crippen molar-refractivity contribution in [3.63, 3.8) is 0 Å². The first-order valence-corrected chi connectivity index (χ1v) is 10.3. The number of benzene rings is 2. The topological polar surface area (TPSA) is 15.7 Å². The molecule has 0 bridgehead atoms. The number of ether oxygens (including phenoxy) is 1. The van der Waals surface area contributed by atoms with Crippen molar-refractivity contribution in [2.75, 3.05) is 30.2 Å². The van der Waals surface area contributed by atoms with Gasteiger partial charge in [-0.15, -0.1) is 0 Å². The summed E-state index contributed by atoms with van der Waals surface area (Å²) in [6.45, 7) is 4.69. The Balaban J connectivity index is 1.59. The summed E-state index contributed by atoms with van der Waals surface area (Å²) in [6.07, 6.45) is 0.981. The van der Waals surface area contributed by atoms with Gasteiger partial charge in [0, 0.05) is 13.7 Å². The number of anilines is 2. The lowest BCUT2D eigenvalue weighted by atomic mass is 10.0. The number of thiophene rings is 1. The molecule has 1 unspecified atom stereocenters. The number of methoxy groups -OCH3 is 1. The molecule has 0 aliphatic carbocycles. The van der Waals surface area contributed by atoms with Crippen LogP contribution in [0.3, 0.4) is 0 Å². The Labute approximate surface area is 165 Å². The van der Waals surface area contributed by atoms with E-state index in [1.807, 2.05) is 0 Å². The third-order valence-electron chi connectivity index (χ3n) is 5.20. The van der Waals surface area contributed by atoms with E-state index in [2.05, 4.69) is 82.1 Å². The highest BCUT2D eigenvalue weighted by atomic mass is 32.1. The molecule has 1 aliphatic rings. The maximum atomic E-state index is 5.61. The van der Waals surface area contributed by atoms with Gasteiger partial charge in [-0.1, -0.05) is 42.0 Å². The van der Waals surface area contributed by atoms with Gasteiger partial charge in [-0.05, 0) is 53.4 Å². The molecular formula is C23H26N2OS. The lowest BCUT2D eigenvalue weighted by molar-refractivity contribution is 0.176. The van der Waals surface area contributed by atoms with Crippen LogP contribution in [0.5, 0.6) is 0 Å². The predicted octanol–water partition coefficient (Wildman–Crippen LogP) is 5.10. The SMILES string of the molecule is COCC(Cc1ccc(C)cc1)N1CN(Cc2ccsc2)c2ccccc21. The third kappa shape index (κ3) is 4.02. The average molecular weight is 379 g/mol. The normalized spacial score (nSPS) is 14.4. The highest BCUT2D eigenvalue weighted by molar-refractivity contribution is 7.07. The maximum Gasteiger partial charge on any atom is 0.0911 e. The van der Waals surface area contributed by atoms with Crippen molar-refractivity contribution in [1.82, 2.24) is 0 Å². The van der Waals surface area contributed by atoms with Gasteiger partial charge in [0.15, 0.2) is 0 Å². The van der Waals surface area contributed by atoms with Crippen LogP contribution in [0.4, 0.5) is 11.4 Å². The highest BCUT2D eigenvalue weighted by Crippen LogP contribution is 2.38. The minimum Gasteiger partial charge on any atom is -0.383 e. The van der Waals surface area contributed by atoms with Crippen LogP contribution >= 0.6 is 11.3 Å². The second kappa shape index (κ2) is 8.15. The molecule has 0 amide bonds. The second-order valence-electron chi connectivity index (χ2n) is 7.23. The molecule has 0 fully saturated rings. The van der Waals surface area contributed by atoms with Crippen LogP contribution in [-0.4, -0.2) is 26.4 Å². The largest absolute Gasteiger partial charge is 0.383 e. The van der Waals surface area contributed by atoms with Gasteiger partial charge >= 0.3 is 0 Å². The summed E-state index contributed by atoms with van der Waals surface area (Å²) in [4.78, 5) is 4.97. The van der Waals surface area contributed by atoms with Gasteiger partial charge in [0.05, 0.1) is 30.7 Å². The van der Waals surface area contributed by atoms with Crippen LogP contribution in [0, 0.1) is 6.92 Å². The van der Waals surface area contributed by atoms with E-state index in [0.29, 0.717) is 12.6 Å². The molecule has 3 aromatic rings. The quantitative estimate of drug-likeness (QED) is 0.569. The molecule has 2 heterocycles. The van der Waals surface area contributed by atoms with Crippen molar-refractivity contribution in [2.45, 2.75) is 25.9 Å². The Morgan fingerprint density at radius 1 is 1.00 bits per heavy atom. The summed E-state index contributed by atoms with van der Waals surface area (Å²) in [5.74, 6) is 0. The van der Waals surface area contributed by atoms with Crippen LogP contribution in [0.1, 0.15) is 16.7 Å². The van der Waals surface area contributed by atoms with Crippen LogP contribution in [-0.2, 0) is 17.7 Å². The summed E-state index contributed by atoms with van der Waals surface area (Å²) < 4.78 is 5.61. The predicted molar refractivity (Wildman–Crippen MR) is 115 cm³/mol. The van der Waals surface area contributed by atoms with E-state index < -0.39 is 0 Å². The van der Waals surface area contributed by atoms with Crippen molar-refractivity contribution in [2.24, 2.45) is 0 Å². The number of fused-ring (bicyclic) bond motifs is 1. The Morgan fingerprint density at radius 3 is 2.48 bits per heavy atom. The van der Waals surface area contributed by atoms with Crippen molar-refractivity contribution in [1.29, 1.82) is 0 Å². The smallest absolute Gasteiger partial charge is 0.0911 e. The summed E-state index contributed by atoms with van der Waals surface area (Å²) >= 11 is 1.76. The van der Waals surface area contributed by atoms with Gasteiger partial charge in [-0.25, -0.2) is 0 Å². The standard InChI is InChI=1S/C23H26N2OS/c1-18-7-9-19(10-8-18)13-21(15-26-2)25-17-24(14-20-11-12-27-16-20)22-5-3-4-6-23(22)25/h3-12,16,21H,13-15,17H2,1-2H3. The second-order valence-corrected chi connectivity index (χ2v) is 8.01. The molecule has 2 aromatic carbocycles. The molecule has 4 heteroatoms. The van der Waals surface area contributed by atoms with E-state index in [1.54, 1.807) is 18.4 Å². The van der Waals surface area contributed by atoms with E-state index in [9.17, 15) is 0 Å². The third-order valence-corrected chi connectivity index (χ3v) is 5.93. The fourth-order valence-electron chi connectivity index (χ4n) is 3.81. The van der Waals surface area contributed by atoms with Gasteiger partial charge in [0.2, 0.25) is 0 Å². The Kier molecular flexibility index (Phi) is 5.46. The lowest BCUT2D eigenvalue weighted by Gasteiger charge is -2.30. The molecule has 3 nitrogen and oxygen atoms in total. The first-order chi connectivity index (χ1) is 13.2. The van der Waals surface area contributed by atoms with Crippen LogP contribution in [0.2, 0.25) is 0 Å². The fraction of sp³-hybridized carbons (Fsp3) is 0.304. The van der Waals surface area contributed by atoms with Gasteiger partial charge < -0.3 is 14.5 Å². The Hall–Kier alpha value is -2.30. The molecule has 0 saturated carbocycles. The zero-order chi connectivity index (χ0) is 18.6. The Bertz CT molecular complexity index is 860. The molecule has 0 spiro atoms. The molecule has 140 valence electrons. The van der Waals surface area contributed by atoms with E-state index in [0.717, 1.165) is 19.6 Å². The summed E-state index contributed by atoms with van der Waals surface area (Å²) in [5, 5.41) is 4.39. The van der Waals surface area contributed by atoms with Gasteiger partial charge in [0.25, 0.3) is 0 Å². The monoisotopic (exact) mass is 378 g/mol. The molecule has 0 N–H and O–H groups in total. The number of nitrogens with zero attached hydrogens (tertiary/aromatic N) is 2. The van der Waals surface area contributed by atoms with E-state index in [-0.39, 0.29) is 0 Å². The molecule has 0 radical (unpaired) electrons. The van der Waals surface area contributed by atoms with Crippen molar-refractivity contribution >= 4 is 22.7 Å². The molecule has 27 heavy (non-hydrogen) atoms. The van der Waals surface area contributed by atoms with Crippen molar-refractivity contribution in [3.8, 4) is 0 Å². The zero-order valence-electron chi connectivity index (χ0n) is 16.0. The van der Waals surface area contributed by atoms with Gasteiger partial charge in [-0.3, -0.25) is 0 Å². The number of aryl methyl sites for hydroxylation is 1. The minimum absolute atomic E-state index is 0.311.